The summed E-state index contributed by atoms with van der Waals surface area (Å²) in [6.07, 6.45) is -3.59. The molecule has 0 amide bonds. The lowest BCUT2D eigenvalue weighted by Crippen LogP contribution is -2.50. The van der Waals surface area contributed by atoms with Crippen LogP contribution in [0.2, 0.25) is 0 Å². The van der Waals surface area contributed by atoms with Gasteiger partial charge in [0.1, 0.15) is 6.10 Å². The van der Waals surface area contributed by atoms with E-state index >= 15 is 0 Å². The fourth-order valence-corrected chi connectivity index (χ4v) is 1.09. The Kier molecular flexibility index (Phi) is 2.10. The molecule has 1 saturated heterocycles. The van der Waals surface area contributed by atoms with E-state index in [1.807, 2.05) is 5.10 Å². The van der Waals surface area contributed by atoms with Crippen molar-refractivity contribution in [3.05, 3.63) is 11.9 Å². The molecule has 2 N–H and O–H groups in total. The molecule has 7 heteroatoms. The zero-order valence-corrected chi connectivity index (χ0v) is 7.06. The topological polar surface area (TPSA) is 49.9 Å². The first-order valence-corrected chi connectivity index (χ1v) is 4.05. The lowest BCUT2D eigenvalue weighted by molar-refractivity contribution is -0.143. The number of nitrogens with one attached hydrogen (secondary N) is 2. The van der Waals surface area contributed by atoms with E-state index in [0.29, 0.717) is 13.1 Å². The molecule has 0 spiro atoms. The van der Waals surface area contributed by atoms with Gasteiger partial charge in [-0.15, -0.1) is 0 Å². The van der Waals surface area contributed by atoms with Gasteiger partial charge in [-0.3, -0.25) is 5.10 Å². The molecule has 1 aromatic heterocycles. The second kappa shape index (κ2) is 3.16. The molecule has 0 bridgehead atoms. The number of nitrogens with zero attached hydrogens (tertiary/aromatic N) is 1. The molecule has 2 heterocycles. The highest BCUT2D eigenvalue weighted by Crippen LogP contribution is 2.34. The van der Waals surface area contributed by atoms with Gasteiger partial charge >= 0.3 is 6.18 Å². The van der Waals surface area contributed by atoms with Crippen molar-refractivity contribution in [1.82, 2.24) is 15.5 Å². The third-order valence-electron chi connectivity index (χ3n) is 1.93. The first-order chi connectivity index (χ1) is 6.57. The highest BCUT2D eigenvalue weighted by Gasteiger charge is 2.37. The number of halogens is 3. The van der Waals surface area contributed by atoms with Crippen LogP contribution in [0.1, 0.15) is 5.69 Å². The normalized spacial score (nSPS) is 17.9. The zero-order chi connectivity index (χ0) is 10.2. The number of hydrogen-bond acceptors (Lipinski definition) is 3. The van der Waals surface area contributed by atoms with Gasteiger partial charge in [0.2, 0.25) is 0 Å². The van der Waals surface area contributed by atoms with Crippen LogP contribution in [0.5, 0.6) is 5.75 Å². The van der Waals surface area contributed by atoms with Crippen molar-refractivity contribution in [3.8, 4) is 5.75 Å². The highest BCUT2D eigenvalue weighted by molar-refractivity contribution is 5.26. The molecular formula is C7H8F3N3O. The largest absolute Gasteiger partial charge is 0.484 e. The van der Waals surface area contributed by atoms with Crippen LogP contribution in [0, 0.1) is 0 Å². The predicted octanol–water partition coefficient (Wildman–Crippen LogP) is 0.779. The third-order valence-corrected chi connectivity index (χ3v) is 1.93. The molecule has 0 radical (unpaired) electrons. The van der Waals surface area contributed by atoms with Gasteiger partial charge in [-0.05, 0) is 0 Å². The van der Waals surface area contributed by atoms with Crippen LogP contribution in [-0.2, 0) is 6.18 Å². The van der Waals surface area contributed by atoms with Gasteiger partial charge in [0, 0.05) is 13.1 Å². The van der Waals surface area contributed by atoms with Crippen molar-refractivity contribution in [3.63, 3.8) is 0 Å². The average Bonchev–Trinajstić information content (AvgIpc) is 2.42. The first-order valence-electron chi connectivity index (χ1n) is 4.05. The predicted molar refractivity (Wildman–Crippen MR) is 40.9 cm³/mol. The molecule has 1 fully saturated rings. The van der Waals surface area contributed by atoms with Crippen molar-refractivity contribution in [1.29, 1.82) is 0 Å². The highest BCUT2D eigenvalue weighted by atomic mass is 19.4. The molecule has 0 aromatic carbocycles. The van der Waals surface area contributed by atoms with Gasteiger partial charge in [0.05, 0.1) is 6.20 Å². The molecule has 1 aromatic rings. The molecule has 0 unspecified atom stereocenters. The van der Waals surface area contributed by atoms with Gasteiger partial charge in [-0.1, -0.05) is 0 Å². The van der Waals surface area contributed by atoms with E-state index < -0.39 is 11.9 Å². The molecule has 78 valence electrons. The maximum atomic E-state index is 12.3. The Balaban J connectivity index is 2.12. The smallest absolute Gasteiger partial charge is 0.436 e. The molecular weight excluding hydrogens is 199 g/mol. The van der Waals surface area contributed by atoms with E-state index in [4.69, 9.17) is 4.74 Å². The summed E-state index contributed by atoms with van der Waals surface area (Å²) in [7, 11) is 0. The number of rotatable bonds is 2. The first kappa shape index (κ1) is 9.32. The Bertz CT molecular complexity index is 318. The van der Waals surface area contributed by atoms with Crippen molar-refractivity contribution >= 4 is 0 Å². The number of alkyl halides is 3. The minimum absolute atomic E-state index is 0.186. The molecule has 2 rings (SSSR count). The van der Waals surface area contributed by atoms with E-state index in [9.17, 15) is 13.2 Å². The van der Waals surface area contributed by atoms with Gasteiger partial charge in [0.25, 0.3) is 0 Å². The molecule has 1 aliphatic heterocycles. The quantitative estimate of drug-likeness (QED) is 0.753. The van der Waals surface area contributed by atoms with E-state index in [1.54, 1.807) is 0 Å². The number of aromatic amines is 1. The van der Waals surface area contributed by atoms with Gasteiger partial charge in [-0.25, -0.2) is 0 Å². The molecule has 4 nitrogen and oxygen atoms in total. The van der Waals surface area contributed by atoms with Crippen molar-refractivity contribution < 1.29 is 17.9 Å². The minimum Gasteiger partial charge on any atom is -0.484 e. The SMILES string of the molecule is FC(F)(F)c1[nH]ncc1OC1CNC1. The summed E-state index contributed by atoms with van der Waals surface area (Å²) in [6, 6.07) is 0. The number of ether oxygens (including phenoxy) is 1. The second-order valence-corrected chi connectivity index (χ2v) is 3.01. The Morgan fingerprint density at radius 2 is 2.14 bits per heavy atom. The Morgan fingerprint density at radius 1 is 1.43 bits per heavy atom. The van der Waals surface area contributed by atoms with E-state index in [1.165, 1.54) is 0 Å². The van der Waals surface area contributed by atoms with E-state index in [2.05, 4.69) is 10.4 Å². The number of hydrogen-bond donors (Lipinski definition) is 2. The summed E-state index contributed by atoms with van der Waals surface area (Å²) in [5.41, 5.74) is -0.926. The van der Waals surface area contributed by atoms with Crippen molar-refractivity contribution in [2.75, 3.05) is 13.1 Å². The van der Waals surface area contributed by atoms with E-state index in [0.717, 1.165) is 6.20 Å². The monoisotopic (exact) mass is 207 g/mol. The molecule has 14 heavy (non-hydrogen) atoms. The lowest BCUT2D eigenvalue weighted by Gasteiger charge is -2.27. The lowest BCUT2D eigenvalue weighted by atomic mass is 10.2. The van der Waals surface area contributed by atoms with E-state index in [-0.39, 0.29) is 11.9 Å². The molecule has 0 saturated carbocycles. The summed E-state index contributed by atoms with van der Waals surface area (Å²) < 4.78 is 41.9. The Hall–Kier alpha value is -1.24. The summed E-state index contributed by atoms with van der Waals surface area (Å²) in [5, 5.41) is 8.08. The fraction of sp³-hybridized carbons (Fsp3) is 0.571. The summed E-state index contributed by atoms with van der Waals surface area (Å²) in [6.45, 7) is 1.14. The second-order valence-electron chi connectivity index (χ2n) is 3.01. The molecule has 0 atom stereocenters. The molecule has 0 aliphatic carbocycles. The molecule has 1 aliphatic rings. The van der Waals surface area contributed by atoms with Crippen molar-refractivity contribution in [2.24, 2.45) is 0 Å². The Morgan fingerprint density at radius 3 is 2.64 bits per heavy atom. The summed E-state index contributed by atoms with van der Waals surface area (Å²) in [5.74, 6) is -0.232. The van der Waals surface area contributed by atoms with Crippen LogP contribution in [0.3, 0.4) is 0 Å². The maximum absolute atomic E-state index is 12.3. The van der Waals surface area contributed by atoms with Crippen LogP contribution < -0.4 is 10.1 Å². The summed E-state index contributed by atoms with van der Waals surface area (Å²) in [4.78, 5) is 0. The third kappa shape index (κ3) is 1.67. The average molecular weight is 207 g/mol. The number of aromatic nitrogens is 2. The van der Waals surface area contributed by atoms with Gasteiger partial charge in [0.15, 0.2) is 11.4 Å². The fourth-order valence-electron chi connectivity index (χ4n) is 1.09. The van der Waals surface area contributed by atoms with Crippen LogP contribution in [0.25, 0.3) is 0 Å². The number of H-pyrrole nitrogens is 1. The zero-order valence-electron chi connectivity index (χ0n) is 7.06. The standard InChI is InChI=1S/C7H8F3N3O/c8-7(9,10)6-5(3-12-13-6)14-4-1-11-2-4/h3-4,11H,1-2H2,(H,12,13). The van der Waals surface area contributed by atoms with Crippen LogP contribution in [0.15, 0.2) is 6.20 Å². The van der Waals surface area contributed by atoms with Gasteiger partial charge in [-0.2, -0.15) is 18.3 Å². The van der Waals surface area contributed by atoms with Gasteiger partial charge < -0.3 is 10.1 Å². The van der Waals surface area contributed by atoms with Crippen LogP contribution in [0.4, 0.5) is 13.2 Å². The van der Waals surface area contributed by atoms with Crippen LogP contribution >= 0.6 is 0 Å². The Labute approximate surface area is 77.4 Å². The van der Waals surface area contributed by atoms with Crippen molar-refractivity contribution in [2.45, 2.75) is 12.3 Å². The minimum atomic E-state index is -4.44. The summed E-state index contributed by atoms with van der Waals surface area (Å²) >= 11 is 0. The van der Waals surface area contributed by atoms with Crippen LogP contribution in [-0.4, -0.2) is 29.4 Å². The maximum Gasteiger partial charge on any atom is 0.436 e.